The van der Waals surface area contributed by atoms with Crippen LogP contribution in [-0.4, -0.2) is 20.4 Å². The highest BCUT2D eigenvalue weighted by Crippen LogP contribution is 2.26. The van der Waals surface area contributed by atoms with E-state index < -0.39 is 0 Å². The van der Waals surface area contributed by atoms with Crippen molar-refractivity contribution in [3.63, 3.8) is 0 Å². The summed E-state index contributed by atoms with van der Waals surface area (Å²) in [6, 6.07) is 18.6. The summed E-state index contributed by atoms with van der Waals surface area (Å²) in [6.07, 6.45) is 3.58. The van der Waals surface area contributed by atoms with E-state index in [2.05, 4.69) is 15.3 Å². The lowest BCUT2D eigenvalue weighted by Gasteiger charge is -2.11. The van der Waals surface area contributed by atoms with Crippen molar-refractivity contribution in [2.75, 3.05) is 5.32 Å². The summed E-state index contributed by atoms with van der Waals surface area (Å²) < 4.78 is 7.77. The van der Waals surface area contributed by atoms with Gasteiger partial charge in [0.2, 0.25) is 0 Å². The third kappa shape index (κ3) is 4.64. The van der Waals surface area contributed by atoms with Crippen LogP contribution in [-0.2, 0) is 13.7 Å². The molecular formula is C25H24N4O2. The van der Waals surface area contributed by atoms with E-state index in [9.17, 15) is 4.79 Å². The van der Waals surface area contributed by atoms with E-state index in [1.165, 1.54) is 0 Å². The van der Waals surface area contributed by atoms with E-state index in [0.717, 1.165) is 34.0 Å². The van der Waals surface area contributed by atoms with Crippen molar-refractivity contribution in [2.45, 2.75) is 20.5 Å². The van der Waals surface area contributed by atoms with Crippen molar-refractivity contribution in [3.8, 4) is 17.1 Å². The van der Waals surface area contributed by atoms with Gasteiger partial charge in [-0.05, 0) is 67.9 Å². The predicted octanol–water partition coefficient (Wildman–Crippen LogP) is 4.93. The molecule has 0 aliphatic heterocycles. The number of benzene rings is 2. The second-order valence-corrected chi connectivity index (χ2v) is 7.40. The molecule has 0 bridgehead atoms. The molecule has 2 heterocycles. The highest BCUT2D eigenvalue weighted by atomic mass is 16.5. The molecule has 0 unspecified atom stereocenters. The number of anilines is 1. The minimum Gasteiger partial charge on any atom is -0.487 e. The molecule has 0 aliphatic carbocycles. The molecule has 0 saturated heterocycles. The second kappa shape index (κ2) is 8.83. The maximum Gasteiger partial charge on any atom is 0.255 e. The number of nitrogens with zero attached hydrogens (tertiary/aromatic N) is 3. The van der Waals surface area contributed by atoms with Crippen LogP contribution in [0, 0.1) is 13.8 Å². The topological polar surface area (TPSA) is 69.0 Å². The predicted molar refractivity (Wildman–Crippen MR) is 121 cm³/mol. The van der Waals surface area contributed by atoms with E-state index in [1.807, 2.05) is 68.1 Å². The smallest absolute Gasteiger partial charge is 0.255 e. The van der Waals surface area contributed by atoms with Crippen LogP contribution < -0.4 is 10.1 Å². The molecule has 4 rings (SSSR count). The summed E-state index contributed by atoms with van der Waals surface area (Å²) in [7, 11) is 1.99. The Hall–Kier alpha value is -3.93. The molecule has 0 atom stereocenters. The van der Waals surface area contributed by atoms with Gasteiger partial charge in [-0.15, -0.1) is 0 Å². The molecule has 6 heteroatoms. The van der Waals surface area contributed by atoms with Crippen LogP contribution in [0.5, 0.6) is 5.75 Å². The van der Waals surface area contributed by atoms with E-state index in [-0.39, 0.29) is 5.91 Å². The third-order valence-electron chi connectivity index (χ3n) is 5.19. The lowest BCUT2D eigenvalue weighted by molar-refractivity contribution is 0.102. The van der Waals surface area contributed by atoms with E-state index in [0.29, 0.717) is 17.9 Å². The molecule has 4 aromatic rings. The molecule has 0 radical (unpaired) electrons. The van der Waals surface area contributed by atoms with Gasteiger partial charge in [-0.1, -0.05) is 12.1 Å². The number of pyridine rings is 1. The summed E-state index contributed by atoms with van der Waals surface area (Å²) in [5.74, 6) is 1.38. The van der Waals surface area contributed by atoms with Crippen LogP contribution in [0.25, 0.3) is 11.4 Å². The van der Waals surface area contributed by atoms with Gasteiger partial charge in [0.05, 0.1) is 5.69 Å². The zero-order valence-electron chi connectivity index (χ0n) is 17.8. The number of carbonyl (C=O) groups excluding carboxylic acids is 1. The van der Waals surface area contributed by atoms with Crippen molar-refractivity contribution in [2.24, 2.45) is 7.05 Å². The Morgan fingerprint density at radius 3 is 2.52 bits per heavy atom. The highest BCUT2D eigenvalue weighted by Gasteiger charge is 2.12. The average molecular weight is 412 g/mol. The zero-order chi connectivity index (χ0) is 21.8. The van der Waals surface area contributed by atoms with Crippen molar-refractivity contribution in [1.29, 1.82) is 0 Å². The van der Waals surface area contributed by atoms with Crippen LogP contribution in [0.1, 0.15) is 27.3 Å². The van der Waals surface area contributed by atoms with Gasteiger partial charge in [0.25, 0.3) is 5.91 Å². The van der Waals surface area contributed by atoms with E-state index in [1.54, 1.807) is 30.5 Å². The number of ether oxygens (including phenoxy) is 1. The molecule has 156 valence electrons. The maximum absolute atomic E-state index is 12.7. The fourth-order valence-corrected chi connectivity index (χ4v) is 3.23. The molecule has 1 N–H and O–H groups in total. The monoisotopic (exact) mass is 412 g/mol. The number of aromatic nitrogens is 3. The zero-order valence-corrected chi connectivity index (χ0v) is 17.8. The van der Waals surface area contributed by atoms with Crippen molar-refractivity contribution in [1.82, 2.24) is 14.5 Å². The summed E-state index contributed by atoms with van der Waals surface area (Å²) in [6.45, 7) is 4.43. The Morgan fingerprint density at radius 1 is 1.03 bits per heavy atom. The first-order valence-electron chi connectivity index (χ1n) is 10.0. The van der Waals surface area contributed by atoms with Gasteiger partial charge >= 0.3 is 0 Å². The first-order valence-corrected chi connectivity index (χ1v) is 10.0. The maximum atomic E-state index is 12.7. The Morgan fingerprint density at radius 2 is 1.84 bits per heavy atom. The van der Waals surface area contributed by atoms with Gasteiger partial charge in [0.1, 0.15) is 18.2 Å². The number of amides is 1. The highest BCUT2D eigenvalue weighted by molar-refractivity contribution is 6.04. The molecule has 2 aromatic carbocycles. The fourth-order valence-electron chi connectivity index (χ4n) is 3.23. The minimum absolute atomic E-state index is 0.179. The van der Waals surface area contributed by atoms with Crippen LogP contribution >= 0.6 is 0 Å². The van der Waals surface area contributed by atoms with Gasteiger partial charge in [-0.25, -0.2) is 4.98 Å². The molecule has 0 aliphatic rings. The second-order valence-electron chi connectivity index (χ2n) is 7.40. The van der Waals surface area contributed by atoms with E-state index in [4.69, 9.17) is 4.74 Å². The third-order valence-corrected chi connectivity index (χ3v) is 5.19. The molecule has 6 nitrogen and oxygen atoms in total. The molecule has 1 amide bonds. The van der Waals surface area contributed by atoms with Crippen LogP contribution in [0.15, 0.2) is 73.1 Å². The molecule has 2 aromatic heterocycles. The Balaban J connectivity index is 1.44. The molecule has 0 saturated carbocycles. The lowest BCUT2D eigenvalue weighted by Crippen LogP contribution is -2.12. The van der Waals surface area contributed by atoms with Crippen molar-refractivity contribution < 1.29 is 9.53 Å². The molecule has 0 spiro atoms. The van der Waals surface area contributed by atoms with Crippen molar-refractivity contribution >= 4 is 11.6 Å². The number of imidazole rings is 1. The van der Waals surface area contributed by atoms with Gasteiger partial charge in [-0.3, -0.25) is 9.78 Å². The normalized spacial score (nSPS) is 10.7. The quantitative estimate of drug-likeness (QED) is 0.488. The summed E-state index contributed by atoms with van der Waals surface area (Å²) >= 11 is 0. The summed E-state index contributed by atoms with van der Waals surface area (Å²) in [5.41, 5.74) is 5.30. The Kier molecular flexibility index (Phi) is 5.80. The van der Waals surface area contributed by atoms with Gasteiger partial charge in [0.15, 0.2) is 0 Å². The molecule has 0 fully saturated rings. The summed E-state index contributed by atoms with van der Waals surface area (Å²) in [5, 5.41) is 2.97. The van der Waals surface area contributed by atoms with Gasteiger partial charge < -0.3 is 14.6 Å². The number of rotatable bonds is 6. The van der Waals surface area contributed by atoms with Gasteiger partial charge in [-0.2, -0.15) is 0 Å². The molecule has 31 heavy (non-hydrogen) atoms. The first-order chi connectivity index (χ1) is 15.0. The average Bonchev–Trinajstić information content (AvgIpc) is 3.13. The Bertz CT molecular complexity index is 1200. The van der Waals surface area contributed by atoms with E-state index >= 15 is 0 Å². The largest absolute Gasteiger partial charge is 0.487 e. The molecular weight excluding hydrogens is 388 g/mol. The SMILES string of the molecule is Cc1ccc(NC(=O)c2ccc(OCc3ccccn3)cc2)cc1-c1ncc(C)n1C. The Labute approximate surface area is 181 Å². The van der Waals surface area contributed by atoms with Crippen LogP contribution in [0.3, 0.4) is 0 Å². The van der Waals surface area contributed by atoms with Crippen LogP contribution in [0.4, 0.5) is 5.69 Å². The number of hydrogen-bond acceptors (Lipinski definition) is 4. The number of nitrogens with one attached hydrogen (secondary N) is 1. The van der Waals surface area contributed by atoms with Gasteiger partial charge in [0, 0.05) is 41.9 Å². The summed E-state index contributed by atoms with van der Waals surface area (Å²) in [4.78, 5) is 21.5. The number of aryl methyl sites for hydroxylation is 2. The van der Waals surface area contributed by atoms with Crippen molar-refractivity contribution in [3.05, 3.63) is 95.6 Å². The standard InChI is InChI=1S/C25H24N4O2/c1-17-7-10-20(14-23(17)24-27-15-18(2)29(24)3)28-25(30)19-8-11-22(12-9-19)31-16-21-6-4-5-13-26-21/h4-15H,16H2,1-3H3,(H,28,30). The first kappa shape index (κ1) is 20.3. The minimum atomic E-state index is -0.179. The van der Waals surface area contributed by atoms with Crippen LogP contribution in [0.2, 0.25) is 0 Å². The lowest BCUT2D eigenvalue weighted by atomic mass is 10.1. The number of hydrogen-bond donors (Lipinski definition) is 1. The number of carbonyl (C=O) groups is 1. The fraction of sp³-hybridized carbons (Fsp3) is 0.160.